The highest BCUT2D eigenvalue weighted by Crippen LogP contribution is 2.28. The average Bonchev–Trinajstić information content (AvgIpc) is 3.33. The van der Waals surface area contributed by atoms with Crippen molar-refractivity contribution < 1.29 is 4.74 Å². The van der Waals surface area contributed by atoms with Crippen LogP contribution in [-0.4, -0.2) is 14.6 Å². The number of halogens is 2. The molecule has 5 nitrogen and oxygen atoms in total. The molecule has 0 aliphatic carbocycles. The maximum Gasteiger partial charge on any atom is 0.291 e. The maximum absolute atomic E-state index is 12.8. The summed E-state index contributed by atoms with van der Waals surface area (Å²) < 4.78 is 7.66. The van der Waals surface area contributed by atoms with E-state index in [4.69, 9.17) is 27.9 Å². The Labute approximate surface area is 197 Å². The van der Waals surface area contributed by atoms with Crippen LogP contribution in [0.1, 0.15) is 11.1 Å². The van der Waals surface area contributed by atoms with Gasteiger partial charge in [0.1, 0.15) is 12.4 Å². The number of hydrogen-bond acceptors (Lipinski definition) is 5. The standard InChI is InChI=1S/C24H15Cl2N3O2S/c25-17-8-11-19(20(26)13-17)22-27-24-29(28-22)23(30)21(32-24)12-15-6-9-18(10-7-15)31-14-16-4-2-1-3-5-16/h1-13H,14H2/b21-12-. The fourth-order valence-electron chi connectivity index (χ4n) is 3.17. The minimum Gasteiger partial charge on any atom is -0.489 e. The molecule has 2 aromatic heterocycles. The van der Waals surface area contributed by atoms with E-state index in [1.54, 1.807) is 18.2 Å². The van der Waals surface area contributed by atoms with Gasteiger partial charge in [0.25, 0.3) is 5.56 Å². The Balaban J connectivity index is 1.38. The summed E-state index contributed by atoms with van der Waals surface area (Å²) in [5.41, 5.74) is 2.40. The van der Waals surface area contributed by atoms with Crippen molar-refractivity contribution in [3.63, 3.8) is 0 Å². The van der Waals surface area contributed by atoms with Crippen molar-refractivity contribution in [2.24, 2.45) is 0 Å². The fourth-order valence-corrected chi connectivity index (χ4v) is 4.57. The SMILES string of the molecule is O=c1/c(=C/c2ccc(OCc3ccccc3)cc2)sc2nc(-c3ccc(Cl)cc3Cl)nn12. The third-order valence-electron chi connectivity index (χ3n) is 4.78. The molecule has 0 fully saturated rings. The topological polar surface area (TPSA) is 56.5 Å². The first kappa shape index (κ1) is 20.7. The molecule has 158 valence electrons. The van der Waals surface area contributed by atoms with Crippen molar-refractivity contribution in [3.05, 3.63) is 109 Å². The first-order chi connectivity index (χ1) is 15.6. The monoisotopic (exact) mass is 479 g/mol. The summed E-state index contributed by atoms with van der Waals surface area (Å²) in [6.07, 6.45) is 1.82. The zero-order chi connectivity index (χ0) is 22.1. The van der Waals surface area contributed by atoms with Crippen LogP contribution in [0.3, 0.4) is 0 Å². The first-order valence-electron chi connectivity index (χ1n) is 9.70. The van der Waals surface area contributed by atoms with Crippen molar-refractivity contribution in [1.82, 2.24) is 14.6 Å². The summed E-state index contributed by atoms with van der Waals surface area (Å²) >= 11 is 13.5. The summed E-state index contributed by atoms with van der Waals surface area (Å²) in [6, 6.07) is 22.6. The zero-order valence-corrected chi connectivity index (χ0v) is 18.9. The lowest BCUT2D eigenvalue weighted by molar-refractivity contribution is 0.306. The molecule has 5 rings (SSSR count). The number of hydrogen-bond donors (Lipinski definition) is 0. The lowest BCUT2D eigenvalue weighted by Crippen LogP contribution is -2.23. The molecule has 0 amide bonds. The Hall–Kier alpha value is -3.19. The van der Waals surface area contributed by atoms with E-state index < -0.39 is 0 Å². The molecule has 8 heteroatoms. The summed E-state index contributed by atoms with van der Waals surface area (Å²) in [7, 11) is 0. The smallest absolute Gasteiger partial charge is 0.291 e. The van der Waals surface area contributed by atoms with Gasteiger partial charge in [-0.25, -0.2) is 0 Å². The fraction of sp³-hybridized carbons (Fsp3) is 0.0417. The van der Waals surface area contributed by atoms with E-state index in [2.05, 4.69) is 10.1 Å². The first-order valence-corrected chi connectivity index (χ1v) is 11.3. The molecule has 3 aromatic carbocycles. The van der Waals surface area contributed by atoms with Gasteiger partial charge in [0.2, 0.25) is 4.96 Å². The van der Waals surface area contributed by atoms with Crippen molar-refractivity contribution in [2.45, 2.75) is 6.61 Å². The minimum absolute atomic E-state index is 0.224. The highest BCUT2D eigenvalue weighted by atomic mass is 35.5. The van der Waals surface area contributed by atoms with E-state index in [-0.39, 0.29) is 5.56 Å². The second-order valence-corrected chi connectivity index (χ2v) is 8.87. The molecule has 2 heterocycles. The number of fused-ring (bicyclic) bond motifs is 1. The van der Waals surface area contributed by atoms with Crippen LogP contribution < -0.4 is 14.8 Å². The van der Waals surface area contributed by atoms with E-state index in [0.717, 1.165) is 16.9 Å². The van der Waals surface area contributed by atoms with Crippen LogP contribution in [0.15, 0.2) is 77.6 Å². The number of benzene rings is 3. The van der Waals surface area contributed by atoms with E-state index in [0.29, 0.717) is 37.5 Å². The van der Waals surface area contributed by atoms with E-state index in [1.165, 1.54) is 15.9 Å². The van der Waals surface area contributed by atoms with Gasteiger partial charge >= 0.3 is 0 Å². The molecule has 0 N–H and O–H groups in total. The number of rotatable bonds is 5. The number of aromatic nitrogens is 3. The van der Waals surface area contributed by atoms with Crippen molar-refractivity contribution >= 4 is 45.6 Å². The predicted octanol–water partition coefficient (Wildman–Crippen LogP) is 5.25. The Morgan fingerprint density at radius 2 is 1.78 bits per heavy atom. The normalized spacial score (nSPS) is 11.9. The minimum atomic E-state index is -0.224. The molecule has 0 bridgehead atoms. The molecule has 0 aliphatic rings. The summed E-state index contributed by atoms with van der Waals surface area (Å²) in [5.74, 6) is 1.15. The van der Waals surface area contributed by atoms with Crippen LogP contribution in [0.25, 0.3) is 22.4 Å². The highest BCUT2D eigenvalue weighted by Gasteiger charge is 2.14. The summed E-state index contributed by atoms with van der Waals surface area (Å²) in [5, 5.41) is 5.30. The van der Waals surface area contributed by atoms with Crippen molar-refractivity contribution in [2.75, 3.05) is 0 Å². The average molecular weight is 480 g/mol. The van der Waals surface area contributed by atoms with Gasteiger partial charge in [-0.2, -0.15) is 9.50 Å². The molecule has 0 radical (unpaired) electrons. The molecule has 0 atom stereocenters. The summed E-state index contributed by atoms with van der Waals surface area (Å²) in [4.78, 5) is 17.8. The Bertz CT molecular complexity index is 1510. The van der Waals surface area contributed by atoms with Gasteiger partial charge in [0.05, 0.1) is 9.55 Å². The van der Waals surface area contributed by atoms with E-state index >= 15 is 0 Å². The van der Waals surface area contributed by atoms with Crippen LogP contribution in [0.5, 0.6) is 5.75 Å². The predicted molar refractivity (Wildman–Crippen MR) is 129 cm³/mol. The molecular formula is C24H15Cl2N3O2S. The zero-order valence-electron chi connectivity index (χ0n) is 16.5. The molecule has 0 aliphatic heterocycles. The molecular weight excluding hydrogens is 465 g/mol. The maximum atomic E-state index is 12.8. The Morgan fingerprint density at radius 3 is 2.50 bits per heavy atom. The van der Waals surface area contributed by atoms with Gasteiger partial charge in [-0.15, -0.1) is 5.10 Å². The third kappa shape index (κ3) is 4.25. The number of ether oxygens (including phenoxy) is 1. The molecule has 0 spiro atoms. The van der Waals surface area contributed by atoms with Crippen LogP contribution in [0.2, 0.25) is 10.0 Å². The molecule has 0 saturated carbocycles. The van der Waals surface area contributed by atoms with Crippen molar-refractivity contribution in [3.8, 4) is 17.1 Å². The largest absolute Gasteiger partial charge is 0.489 e. The molecule has 5 aromatic rings. The quantitative estimate of drug-likeness (QED) is 0.345. The molecule has 0 unspecified atom stereocenters. The third-order valence-corrected chi connectivity index (χ3v) is 6.29. The Morgan fingerprint density at radius 1 is 1.00 bits per heavy atom. The molecule has 32 heavy (non-hydrogen) atoms. The number of thiazole rings is 1. The summed E-state index contributed by atoms with van der Waals surface area (Å²) in [6.45, 7) is 0.502. The second-order valence-electron chi connectivity index (χ2n) is 7.01. The molecule has 0 saturated heterocycles. The van der Waals surface area contributed by atoms with Crippen LogP contribution in [-0.2, 0) is 6.61 Å². The van der Waals surface area contributed by atoms with Gasteiger partial charge in [-0.3, -0.25) is 4.79 Å². The van der Waals surface area contributed by atoms with E-state index in [9.17, 15) is 4.79 Å². The van der Waals surface area contributed by atoms with Crippen LogP contribution in [0, 0.1) is 0 Å². The second kappa shape index (κ2) is 8.74. The van der Waals surface area contributed by atoms with E-state index in [1.807, 2.05) is 60.7 Å². The highest BCUT2D eigenvalue weighted by molar-refractivity contribution is 7.15. The lowest BCUT2D eigenvalue weighted by atomic mass is 10.2. The van der Waals surface area contributed by atoms with Crippen LogP contribution in [0.4, 0.5) is 0 Å². The van der Waals surface area contributed by atoms with Gasteiger partial charge in [-0.05, 0) is 47.5 Å². The lowest BCUT2D eigenvalue weighted by Gasteiger charge is -2.06. The van der Waals surface area contributed by atoms with Gasteiger partial charge in [-0.1, -0.05) is 77.0 Å². The van der Waals surface area contributed by atoms with Gasteiger partial charge < -0.3 is 4.74 Å². The van der Waals surface area contributed by atoms with Crippen molar-refractivity contribution in [1.29, 1.82) is 0 Å². The van der Waals surface area contributed by atoms with Gasteiger partial charge in [0.15, 0.2) is 5.82 Å². The Kier molecular flexibility index (Phi) is 5.66. The van der Waals surface area contributed by atoms with Crippen LogP contribution >= 0.6 is 34.5 Å². The van der Waals surface area contributed by atoms with Gasteiger partial charge in [0, 0.05) is 10.6 Å². The number of nitrogens with zero attached hydrogens (tertiary/aromatic N) is 3.